The highest BCUT2D eigenvalue weighted by Crippen LogP contribution is 2.32. The minimum Gasteiger partial charge on any atom is -0.486 e. The molecule has 2 heterocycles. The Balaban J connectivity index is 1.22. The van der Waals surface area contributed by atoms with Crippen LogP contribution in [0, 0.1) is 6.92 Å². The van der Waals surface area contributed by atoms with Crippen molar-refractivity contribution in [2.75, 3.05) is 24.3 Å². The second-order valence-electron chi connectivity index (χ2n) is 6.65. The van der Waals surface area contributed by atoms with Crippen molar-refractivity contribution in [2.24, 2.45) is 0 Å². The third kappa shape index (κ3) is 5.34. The maximum Gasteiger partial charge on any atom is 0.325 e. The molecule has 0 saturated carbocycles. The molecule has 0 fully saturated rings. The number of anilines is 1. The summed E-state index contributed by atoms with van der Waals surface area (Å²) >= 11 is 1.25. The number of amides is 3. The first-order valence-corrected chi connectivity index (χ1v) is 10.6. The summed E-state index contributed by atoms with van der Waals surface area (Å²) in [5.74, 6) is 1.58. The monoisotopic (exact) mass is 440 g/mol. The van der Waals surface area contributed by atoms with Gasteiger partial charge in [0.1, 0.15) is 13.2 Å². The summed E-state index contributed by atoms with van der Waals surface area (Å²) in [7, 11) is 0. The number of carbonyl (C=O) groups is 2. The van der Waals surface area contributed by atoms with Gasteiger partial charge in [0.05, 0.1) is 0 Å². The van der Waals surface area contributed by atoms with Gasteiger partial charge in [-0.15, -0.1) is 10.2 Å². The van der Waals surface area contributed by atoms with Crippen molar-refractivity contribution in [1.82, 2.24) is 15.5 Å². The van der Waals surface area contributed by atoms with Crippen molar-refractivity contribution in [3.63, 3.8) is 0 Å². The Morgan fingerprint density at radius 3 is 2.71 bits per heavy atom. The molecule has 2 aromatic carbocycles. The Labute approximate surface area is 182 Å². The highest BCUT2D eigenvalue weighted by molar-refractivity contribution is 7.99. The van der Waals surface area contributed by atoms with Gasteiger partial charge in [0, 0.05) is 29.5 Å². The molecular weight excluding hydrogens is 420 g/mol. The van der Waals surface area contributed by atoms with Crippen LogP contribution in [0.25, 0.3) is 11.5 Å². The number of imide groups is 1. The van der Waals surface area contributed by atoms with Crippen LogP contribution >= 0.6 is 11.8 Å². The Morgan fingerprint density at radius 2 is 1.87 bits per heavy atom. The number of rotatable bonds is 6. The first-order valence-electron chi connectivity index (χ1n) is 9.61. The number of hydrogen-bond acceptors (Lipinski definition) is 8. The molecule has 0 unspecified atom stereocenters. The average Bonchev–Trinajstić information content (AvgIpc) is 3.22. The smallest absolute Gasteiger partial charge is 0.325 e. The molecule has 0 saturated heterocycles. The minimum atomic E-state index is -0.619. The zero-order valence-electron chi connectivity index (χ0n) is 16.7. The van der Waals surface area contributed by atoms with Crippen LogP contribution in [0.5, 0.6) is 11.5 Å². The first-order chi connectivity index (χ1) is 15.1. The molecule has 0 spiro atoms. The van der Waals surface area contributed by atoms with E-state index in [-0.39, 0.29) is 6.42 Å². The molecule has 31 heavy (non-hydrogen) atoms. The lowest BCUT2D eigenvalue weighted by Gasteiger charge is -2.19. The molecule has 0 aliphatic carbocycles. The van der Waals surface area contributed by atoms with Crippen molar-refractivity contribution in [3.05, 3.63) is 48.0 Å². The van der Waals surface area contributed by atoms with Crippen LogP contribution in [0.4, 0.5) is 10.5 Å². The predicted octanol–water partition coefficient (Wildman–Crippen LogP) is 3.65. The van der Waals surface area contributed by atoms with E-state index in [2.05, 4.69) is 20.8 Å². The lowest BCUT2D eigenvalue weighted by molar-refractivity contribution is -0.119. The summed E-state index contributed by atoms with van der Waals surface area (Å²) in [5.41, 5.74) is 2.40. The molecule has 160 valence electrons. The first kappa shape index (κ1) is 20.7. The second-order valence-corrected chi connectivity index (χ2v) is 7.69. The normalized spacial score (nSPS) is 12.3. The lowest BCUT2D eigenvalue weighted by Crippen LogP contribution is -2.34. The van der Waals surface area contributed by atoms with E-state index in [1.54, 1.807) is 18.2 Å². The standard InChI is InChI=1S/C21H20N4O5S/c1-13-4-2-3-5-15(13)19-24-25-21(30-19)31-11-8-18(26)23-20(27)22-14-6-7-16-17(12-14)29-10-9-28-16/h2-7,12H,8-11H2,1H3,(H2,22,23,26,27). The number of ether oxygens (including phenoxy) is 2. The molecule has 2 N–H and O–H groups in total. The fourth-order valence-corrected chi connectivity index (χ4v) is 3.59. The number of urea groups is 1. The third-order valence-electron chi connectivity index (χ3n) is 4.39. The van der Waals surface area contributed by atoms with Gasteiger partial charge in [0.15, 0.2) is 11.5 Å². The van der Waals surface area contributed by atoms with Crippen molar-refractivity contribution in [2.45, 2.75) is 18.6 Å². The van der Waals surface area contributed by atoms with Gasteiger partial charge >= 0.3 is 6.03 Å². The number of fused-ring (bicyclic) bond motifs is 1. The second kappa shape index (κ2) is 9.52. The van der Waals surface area contributed by atoms with Gasteiger partial charge in [-0.1, -0.05) is 30.0 Å². The van der Waals surface area contributed by atoms with E-state index in [1.165, 1.54) is 11.8 Å². The van der Waals surface area contributed by atoms with Crippen molar-refractivity contribution in [3.8, 4) is 23.0 Å². The summed E-state index contributed by atoms with van der Waals surface area (Å²) in [4.78, 5) is 24.1. The molecule has 1 aliphatic rings. The van der Waals surface area contributed by atoms with Crippen molar-refractivity contribution in [1.29, 1.82) is 0 Å². The molecule has 3 amide bonds. The largest absolute Gasteiger partial charge is 0.486 e. The average molecular weight is 440 g/mol. The quantitative estimate of drug-likeness (QED) is 0.558. The van der Waals surface area contributed by atoms with Gasteiger partial charge in [-0.3, -0.25) is 10.1 Å². The van der Waals surface area contributed by atoms with Gasteiger partial charge in [-0.2, -0.15) is 0 Å². The van der Waals surface area contributed by atoms with Crippen LogP contribution in [-0.2, 0) is 4.79 Å². The summed E-state index contributed by atoms with van der Waals surface area (Å²) in [6.45, 7) is 2.90. The van der Waals surface area contributed by atoms with Crippen molar-refractivity contribution < 1.29 is 23.5 Å². The molecule has 4 rings (SSSR count). The van der Waals surface area contributed by atoms with E-state index in [0.29, 0.717) is 47.3 Å². The zero-order valence-corrected chi connectivity index (χ0v) is 17.5. The molecule has 1 aliphatic heterocycles. The van der Waals surface area contributed by atoms with Crippen LogP contribution in [0.3, 0.4) is 0 Å². The van der Waals surface area contributed by atoms with Gasteiger partial charge in [0.25, 0.3) is 5.22 Å². The number of aromatic nitrogens is 2. The van der Waals surface area contributed by atoms with Crippen LogP contribution in [0.2, 0.25) is 0 Å². The lowest BCUT2D eigenvalue weighted by atomic mass is 10.1. The van der Waals surface area contributed by atoms with E-state index in [1.807, 2.05) is 31.2 Å². The molecule has 9 nitrogen and oxygen atoms in total. The number of carbonyl (C=O) groups excluding carboxylic acids is 2. The highest BCUT2D eigenvalue weighted by atomic mass is 32.2. The van der Waals surface area contributed by atoms with E-state index in [4.69, 9.17) is 13.9 Å². The molecule has 0 radical (unpaired) electrons. The number of nitrogens with one attached hydrogen (secondary N) is 2. The van der Waals surface area contributed by atoms with Crippen molar-refractivity contribution >= 4 is 29.4 Å². The van der Waals surface area contributed by atoms with Gasteiger partial charge < -0.3 is 19.2 Å². The number of hydrogen-bond donors (Lipinski definition) is 2. The molecule has 1 aromatic heterocycles. The molecule has 0 bridgehead atoms. The Hall–Kier alpha value is -3.53. The number of thioether (sulfide) groups is 1. The Bertz CT molecular complexity index is 1100. The van der Waals surface area contributed by atoms with Gasteiger partial charge in [-0.05, 0) is 30.7 Å². The topological polar surface area (TPSA) is 116 Å². The van der Waals surface area contributed by atoms with E-state index < -0.39 is 11.9 Å². The number of nitrogens with zero attached hydrogens (tertiary/aromatic N) is 2. The summed E-state index contributed by atoms with van der Waals surface area (Å²) < 4.78 is 16.6. The minimum absolute atomic E-state index is 0.112. The van der Waals surface area contributed by atoms with Gasteiger partial charge in [0.2, 0.25) is 11.8 Å². The van der Waals surface area contributed by atoms with E-state index in [0.717, 1.165) is 11.1 Å². The molecule has 3 aromatic rings. The summed E-state index contributed by atoms with van der Waals surface area (Å²) in [6.07, 6.45) is 0.112. The molecule has 10 heteroatoms. The zero-order chi connectivity index (χ0) is 21.6. The summed E-state index contributed by atoms with van der Waals surface area (Å²) in [6, 6.07) is 12.1. The van der Waals surface area contributed by atoms with E-state index >= 15 is 0 Å². The SMILES string of the molecule is Cc1ccccc1-c1nnc(SCCC(=O)NC(=O)Nc2ccc3c(c2)OCCO3)o1. The fraction of sp³-hybridized carbons (Fsp3) is 0.238. The highest BCUT2D eigenvalue weighted by Gasteiger charge is 2.15. The van der Waals surface area contributed by atoms with Crippen LogP contribution in [0.15, 0.2) is 52.1 Å². The maximum absolute atomic E-state index is 12.1. The molecule has 0 atom stereocenters. The summed E-state index contributed by atoms with van der Waals surface area (Å²) in [5, 5.41) is 13.3. The van der Waals surface area contributed by atoms with Crippen LogP contribution in [0.1, 0.15) is 12.0 Å². The van der Waals surface area contributed by atoms with E-state index in [9.17, 15) is 9.59 Å². The predicted molar refractivity (Wildman–Crippen MR) is 114 cm³/mol. The Kier molecular flexibility index (Phi) is 6.37. The fourth-order valence-electron chi connectivity index (χ4n) is 2.89. The third-order valence-corrected chi connectivity index (χ3v) is 5.21. The number of benzene rings is 2. The maximum atomic E-state index is 12.1. The molecular formula is C21H20N4O5S. The Morgan fingerprint density at radius 1 is 1.06 bits per heavy atom. The van der Waals surface area contributed by atoms with Crippen LogP contribution < -0.4 is 20.1 Å². The van der Waals surface area contributed by atoms with Gasteiger partial charge in [-0.25, -0.2) is 4.79 Å². The number of aryl methyl sites for hydroxylation is 1. The van der Waals surface area contributed by atoms with Crippen LogP contribution in [-0.4, -0.2) is 41.1 Å².